The van der Waals surface area contributed by atoms with Gasteiger partial charge in [-0.1, -0.05) is 18.0 Å². The fraction of sp³-hybridized carbons (Fsp3) is 0.500. The second-order valence-electron chi connectivity index (χ2n) is 5.45. The minimum atomic E-state index is -0.404. The molecule has 2 aromatic rings. The van der Waals surface area contributed by atoms with Crippen LogP contribution in [0.15, 0.2) is 12.1 Å². The van der Waals surface area contributed by atoms with E-state index in [-0.39, 0.29) is 5.02 Å². The molecule has 3 rings (SSSR count). The van der Waals surface area contributed by atoms with E-state index in [1.807, 2.05) is 4.57 Å². The number of nitrogens with zero attached hydrogens (tertiary/aromatic N) is 2. The number of likely N-dealkylation sites (N-methyl/N-ethyl adjacent to an activating group) is 1. The van der Waals surface area contributed by atoms with Gasteiger partial charge < -0.3 is 14.5 Å². The van der Waals surface area contributed by atoms with E-state index in [1.165, 1.54) is 18.9 Å². The van der Waals surface area contributed by atoms with Crippen LogP contribution in [-0.4, -0.2) is 34.1 Å². The number of halogens is 2. The summed E-state index contributed by atoms with van der Waals surface area (Å²) >= 11 is 11.2. The van der Waals surface area contributed by atoms with Crippen molar-refractivity contribution in [1.82, 2.24) is 14.5 Å². The molecule has 1 fully saturated rings. The average Bonchev–Trinajstić information content (AvgIpc) is 2.69. The monoisotopic (exact) mass is 313 g/mol. The summed E-state index contributed by atoms with van der Waals surface area (Å²) in [6.07, 6.45) is 3.64. The Balaban J connectivity index is 2.00. The van der Waals surface area contributed by atoms with E-state index in [1.54, 1.807) is 6.07 Å². The van der Waals surface area contributed by atoms with Crippen LogP contribution >= 0.6 is 23.8 Å². The number of nitrogens with one attached hydrogen (secondary N) is 1. The molecule has 0 spiro atoms. The van der Waals surface area contributed by atoms with Gasteiger partial charge in [-0.2, -0.15) is 0 Å². The Morgan fingerprint density at radius 3 is 3.00 bits per heavy atom. The number of likely N-dealkylation sites (tertiary alicyclic amines) is 1. The van der Waals surface area contributed by atoms with Crippen LogP contribution in [0, 0.1) is 10.6 Å². The van der Waals surface area contributed by atoms with Crippen molar-refractivity contribution in [2.24, 2.45) is 0 Å². The zero-order valence-corrected chi connectivity index (χ0v) is 12.9. The molecule has 1 unspecified atom stereocenters. The standard InChI is InChI=1S/C14H17ClFN3S/c1-18-5-3-2-4-9(18)8-19-13-7-11(16)10(15)6-12(13)17-14(19)20/h6-7,9H,2-5,8H2,1H3,(H,17,20). The van der Waals surface area contributed by atoms with E-state index in [0.717, 1.165) is 30.5 Å². The van der Waals surface area contributed by atoms with Crippen molar-refractivity contribution in [3.05, 3.63) is 27.7 Å². The van der Waals surface area contributed by atoms with Gasteiger partial charge in [-0.15, -0.1) is 0 Å². The Hall–Kier alpha value is -0.910. The number of H-pyrrole nitrogens is 1. The highest BCUT2D eigenvalue weighted by Gasteiger charge is 2.20. The zero-order valence-electron chi connectivity index (χ0n) is 11.3. The predicted molar refractivity (Wildman–Crippen MR) is 82.4 cm³/mol. The van der Waals surface area contributed by atoms with Crippen LogP contribution < -0.4 is 0 Å². The SMILES string of the molecule is CN1CCCCC1Cn1c(=S)[nH]c2cc(Cl)c(F)cc21. The number of imidazole rings is 1. The normalized spacial score (nSPS) is 20.6. The number of rotatable bonds is 2. The highest BCUT2D eigenvalue weighted by atomic mass is 35.5. The summed E-state index contributed by atoms with van der Waals surface area (Å²) in [5.41, 5.74) is 1.58. The molecule has 0 aliphatic carbocycles. The number of benzene rings is 1. The Labute approximate surface area is 127 Å². The summed E-state index contributed by atoms with van der Waals surface area (Å²) in [5.74, 6) is -0.404. The number of aromatic amines is 1. The maximum absolute atomic E-state index is 13.7. The molecule has 6 heteroatoms. The maximum Gasteiger partial charge on any atom is 0.178 e. The Bertz CT molecular complexity index is 694. The lowest BCUT2D eigenvalue weighted by Gasteiger charge is -2.32. The van der Waals surface area contributed by atoms with Crippen molar-refractivity contribution < 1.29 is 4.39 Å². The number of piperidine rings is 1. The van der Waals surface area contributed by atoms with Gasteiger partial charge >= 0.3 is 0 Å². The molecule has 0 amide bonds. The first kappa shape index (κ1) is 14.0. The lowest BCUT2D eigenvalue weighted by molar-refractivity contribution is 0.168. The van der Waals surface area contributed by atoms with Crippen LogP contribution in [0.2, 0.25) is 5.02 Å². The van der Waals surface area contributed by atoms with Crippen LogP contribution in [0.4, 0.5) is 4.39 Å². The van der Waals surface area contributed by atoms with Gasteiger partial charge in [0.05, 0.1) is 16.1 Å². The molecule has 0 bridgehead atoms. The van der Waals surface area contributed by atoms with E-state index in [2.05, 4.69) is 16.9 Å². The highest BCUT2D eigenvalue weighted by molar-refractivity contribution is 7.71. The van der Waals surface area contributed by atoms with Crippen molar-refractivity contribution in [3.8, 4) is 0 Å². The van der Waals surface area contributed by atoms with Gasteiger partial charge in [-0.05, 0) is 44.7 Å². The van der Waals surface area contributed by atoms with Crippen LogP contribution in [0.3, 0.4) is 0 Å². The molecule has 2 heterocycles. The molecule has 0 saturated carbocycles. The van der Waals surface area contributed by atoms with Crippen LogP contribution in [0.1, 0.15) is 19.3 Å². The Morgan fingerprint density at radius 2 is 2.25 bits per heavy atom. The highest BCUT2D eigenvalue weighted by Crippen LogP contribution is 2.24. The molecule has 3 nitrogen and oxygen atoms in total. The fourth-order valence-electron chi connectivity index (χ4n) is 2.92. The second-order valence-corrected chi connectivity index (χ2v) is 6.25. The van der Waals surface area contributed by atoms with Gasteiger partial charge in [0.25, 0.3) is 0 Å². The third-order valence-corrected chi connectivity index (χ3v) is 4.74. The molecular weight excluding hydrogens is 297 g/mol. The summed E-state index contributed by atoms with van der Waals surface area (Å²) in [4.78, 5) is 5.47. The van der Waals surface area contributed by atoms with Gasteiger partial charge in [-0.3, -0.25) is 0 Å². The fourth-order valence-corrected chi connectivity index (χ4v) is 3.37. The maximum atomic E-state index is 13.7. The van der Waals surface area contributed by atoms with E-state index >= 15 is 0 Å². The first-order valence-electron chi connectivity index (χ1n) is 6.84. The lowest BCUT2D eigenvalue weighted by atomic mass is 10.0. The molecule has 1 N–H and O–H groups in total. The first-order valence-corrected chi connectivity index (χ1v) is 7.62. The van der Waals surface area contributed by atoms with Crippen molar-refractivity contribution in [2.75, 3.05) is 13.6 Å². The zero-order chi connectivity index (χ0) is 14.3. The van der Waals surface area contributed by atoms with Crippen LogP contribution in [0.25, 0.3) is 11.0 Å². The molecule has 1 saturated heterocycles. The first-order chi connectivity index (χ1) is 9.56. The predicted octanol–water partition coefficient (Wildman–Crippen LogP) is 3.98. The molecule has 1 aromatic carbocycles. The van der Waals surface area contributed by atoms with Gasteiger partial charge in [0.2, 0.25) is 0 Å². The van der Waals surface area contributed by atoms with Crippen molar-refractivity contribution in [3.63, 3.8) is 0 Å². The average molecular weight is 314 g/mol. The van der Waals surface area contributed by atoms with Crippen LogP contribution in [-0.2, 0) is 6.54 Å². The summed E-state index contributed by atoms with van der Waals surface area (Å²) in [5, 5.41) is 0.121. The smallest absolute Gasteiger partial charge is 0.178 e. The Kier molecular flexibility index (Phi) is 3.84. The van der Waals surface area contributed by atoms with E-state index < -0.39 is 5.82 Å². The third-order valence-electron chi connectivity index (χ3n) is 4.13. The number of hydrogen-bond donors (Lipinski definition) is 1. The van der Waals surface area contributed by atoms with Gasteiger partial charge in [0.1, 0.15) is 5.82 Å². The summed E-state index contributed by atoms with van der Waals surface area (Å²) in [6, 6.07) is 3.52. The second kappa shape index (κ2) is 5.47. The molecule has 0 radical (unpaired) electrons. The molecule has 1 atom stereocenters. The van der Waals surface area contributed by atoms with Crippen molar-refractivity contribution >= 4 is 34.9 Å². The largest absolute Gasteiger partial charge is 0.331 e. The van der Waals surface area contributed by atoms with Crippen molar-refractivity contribution in [1.29, 1.82) is 0 Å². The molecular formula is C14H17ClFN3S. The minimum absolute atomic E-state index is 0.121. The summed E-state index contributed by atoms with van der Waals surface area (Å²) in [6.45, 7) is 1.90. The topological polar surface area (TPSA) is 24.0 Å². The van der Waals surface area contributed by atoms with Crippen molar-refractivity contribution in [2.45, 2.75) is 31.8 Å². The van der Waals surface area contributed by atoms with E-state index in [0.29, 0.717) is 10.8 Å². The van der Waals surface area contributed by atoms with Crippen LogP contribution in [0.5, 0.6) is 0 Å². The third kappa shape index (κ3) is 2.50. The number of hydrogen-bond acceptors (Lipinski definition) is 2. The number of fused-ring (bicyclic) bond motifs is 1. The lowest BCUT2D eigenvalue weighted by Crippen LogP contribution is -2.39. The van der Waals surface area contributed by atoms with Gasteiger partial charge in [0, 0.05) is 18.7 Å². The van der Waals surface area contributed by atoms with Gasteiger partial charge in [0.15, 0.2) is 4.77 Å². The summed E-state index contributed by atoms with van der Waals surface area (Å²) in [7, 11) is 2.14. The number of aromatic nitrogens is 2. The molecule has 20 heavy (non-hydrogen) atoms. The molecule has 1 aliphatic heterocycles. The molecule has 108 valence electrons. The summed E-state index contributed by atoms with van der Waals surface area (Å²) < 4.78 is 16.3. The Morgan fingerprint density at radius 1 is 1.45 bits per heavy atom. The minimum Gasteiger partial charge on any atom is -0.331 e. The molecule has 1 aliphatic rings. The van der Waals surface area contributed by atoms with E-state index in [9.17, 15) is 4.39 Å². The molecule has 1 aromatic heterocycles. The quantitative estimate of drug-likeness (QED) is 0.848. The van der Waals surface area contributed by atoms with E-state index in [4.69, 9.17) is 23.8 Å². The van der Waals surface area contributed by atoms with Gasteiger partial charge in [-0.25, -0.2) is 4.39 Å².